The van der Waals surface area contributed by atoms with Crippen LogP contribution in [0.5, 0.6) is 0 Å². The third-order valence-corrected chi connectivity index (χ3v) is 8.47. The number of aryl methyl sites for hydroxylation is 1. The van der Waals surface area contributed by atoms with E-state index < -0.39 is 20.1 Å². The van der Waals surface area contributed by atoms with E-state index in [9.17, 15) is 0 Å². The van der Waals surface area contributed by atoms with Crippen molar-refractivity contribution in [3.63, 3.8) is 0 Å². The van der Waals surface area contributed by atoms with Crippen molar-refractivity contribution in [3.8, 4) is 0 Å². The van der Waals surface area contributed by atoms with Crippen LogP contribution in [0.15, 0.2) is 78.9 Å². The molecule has 0 bridgehead atoms. The number of hydrogen-bond acceptors (Lipinski definition) is 2. The normalized spacial score (nSPS) is 11.4. The van der Waals surface area contributed by atoms with Crippen molar-refractivity contribution in [2.75, 3.05) is 19.0 Å². The Hall–Kier alpha value is -2.05. The lowest BCUT2D eigenvalue weighted by Crippen LogP contribution is -2.39. The molecule has 3 heteroatoms. The third-order valence-electron chi connectivity index (χ3n) is 5.91. The Balaban J connectivity index is 2.24. The van der Waals surface area contributed by atoms with E-state index in [1.54, 1.807) is 0 Å². The van der Waals surface area contributed by atoms with Crippen molar-refractivity contribution in [3.05, 3.63) is 101 Å². The van der Waals surface area contributed by atoms with Crippen LogP contribution in [-0.2, 0) is 15.8 Å². The smallest absolute Gasteiger partial charge is 0.461 e. The molecule has 0 aliphatic heterocycles. The quantitative estimate of drug-likeness (QED) is 0.365. The summed E-state index contributed by atoms with van der Waals surface area (Å²) >= 11 is -1.36. The zero-order valence-electron chi connectivity index (χ0n) is 19.1. The van der Waals surface area contributed by atoms with Gasteiger partial charge in [-0.3, -0.25) is 0 Å². The molecule has 0 atom stereocenters. The van der Waals surface area contributed by atoms with Gasteiger partial charge >= 0.3 is 14.5 Å². The van der Waals surface area contributed by atoms with Crippen molar-refractivity contribution < 1.29 is 3.79 Å². The summed E-state index contributed by atoms with van der Waals surface area (Å²) in [6.07, 6.45) is 0.819. The average molecular weight is 416 g/mol. The van der Waals surface area contributed by atoms with Gasteiger partial charge in [-0.05, 0) is 29.7 Å². The summed E-state index contributed by atoms with van der Waals surface area (Å²) in [5.74, 6) is 0. The van der Waals surface area contributed by atoms with E-state index in [0.717, 1.165) is 17.0 Å². The van der Waals surface area contributed by atoms with E-state index in [1.807, 2.05) is 0 Å². The molecule has 3 aromatic carbocycles. The van der Waals surface area contributed by atoms with Gasteiger partial charge in [0.1, 0.15) is 0 Å². The first kappa shape index (κ1) is 22.6. The molecular formula is C27H34AlNO. The maximum atomic E-state index is 7.21. The molecule has 2 nitrogen and oxygen atoms in total. The highest BCUT2D eigenvalue weighted by Crippen LogP contribution is 2.40. The predicted octanol–water partition coefficient (Wildman–Crippen LogP) is 6.60. The lowest BCUT2D eigenvalue weighted by molar-refractivity contribution is 0.108. The zero-order chi connectivity index (χ0) is 21.6. The molecule has 0 radical (unpaired) electrons. The van der Waals surface area contributed by atoms with E-state index in [2.05, 4.69) is 119 Å². The molecule has 0 aliphatic carbocycles. The number of benzene rings is 3. The van der Waals surface area contributed by atoms with Crippen molar-refractivity contribution in [1.82, 2.24) is 0 Å². The summed E-state index contributed by atoms with van der Waals surface area (Å²) < 4.78 is 7.21. The first-order chi connectivity index (χ1) is 14.5. The second kappa shape index (κ2) is 10.3. The van der Waals surface area contributed by atoms with Crippen LogP contribution >= 0.6 is 0 Å². The molecule has 0 heterocycles. The molecule has 0 aromatic heterocycles. The minimum atomic E-state index is -1.36. The van der Waals surface area contributed by atoms with Gasteiger partial charge in [0.25, 0.3) is 0 Å². The van der Waals surface area contributed by atoms with Crippen molar-refractivity contribution in [1.29, 1.82) is 0 Å². The SMILES string of the molecule is C[CH2][Al]([CH2]C)[O]C(Cc1cc(C)ccc1N(C)C)(c1ccccc1)c1ccccc1. The molecule has 0 aliphatic rings. The summed E-state index contributed by atoms with van der Waals surface area (Å²) in [7, 11) is 4.24. The van der Waals surface area contributed by atoms with Crippen LogP contribution in [0.1, 0.15) is 36.1 Å². The zero-order valence-corrected chi connectivity index (χ0v) is 20.2. The van der Waals surface area contributed by atoms with Gasteiger partial charge in [0.05, 0.1) is 5.60 Å². The fraction of sp³-hybridized carbons (Fsp3) is 0.333. The largest absolute Gasteiger partial charge is 0.489 e. The Morgan fingerprint density at radius 3 is 1.80 bits per heavy atom. The van der Waals surface area contributed by atoms with Crippen LogP contribution < -0.4 is 4.90 Å². The van der Waals surface area contributed by atoms with Crippen LogP contribution in [0.25, 0.3) is 0 Å². The Morgan fingerprint density at radius 1 is 0.800 bits per heavy atom. The minimum Gasteiger partial charge on any atom is -0.489 e. The molecule has 30 heavy (non-hydrogen) atoms. The van der Waals surface area contributed by atoms with Crippen LogP contribution in [0, 0.1) is 6.92 Å². The standard InChI is InChI=1S/C23H24NO.2C2H5.Al/c1-18-14-15-22(24(2)3)19(16-18)17-23(25,20-10-6-4-7-11-20)21-12-8-5-9-13-21;2*1-2;/h4-16H,17H2,1-3H3;2*1H2,2H3;/q-1;;;+1. The fourth-order valence-corrected chi connectivity index (χ4v) is 6.10. The number of nitrogens with zero attached hydrogens (tertiary/aromatic N) is 1. The van der Waals surface area contributed by atoms with Crippen molar-refractivity contribution >= 4 is 20.2 Å². The van der Waals surface area contributed by atoms with Gasteiger partial charge in [-0.2, -0.15) is 0 Å². The first-order valence-corrected chi connectivity index (χ1v) is 13.2. The van der Waals surface area contributed by atoms with Gasteiger partial charge in [-0.1, -0.05) is 103 Å². The van der Waals surface area contributed by atoms with Crippen molar-refractivity contribution in [2.24, 2.45) is 0 Å². The summed E-state index contributed by atoms with van der Waals surface area (Å²) in [4.78, 5) is 2.21. The second-order valence-electron chi connectivity index (χ2n) is 8.32. The maximum absolute atomic E-state index is 7.21. The molecular weight excluding hydrogens is 381 g/mol. The van der Waals surface area contributed by atoms with Crippen LogP contribution in [0.3, 0.4) is 0 Å². The van der Waals surface area contributed by atoms with E-state index in [-0.39, 0.29) is 0 Å². The summed E-state index contributed by atoms with van der Waals surface area (Å²) in [5.41, 5.74) is 5.86. The Morgan fingerprint density at radius 2 is 1.33 bits per heavy atom. The first-order valence-electron chi connectivity index (χ1n) is 11.1. The molecule has 0 fully saturated rings. The van der Waals surface area contributed by atoms with Gasteiger partial charge in [0, 0.05) is 26.2 Å². The van der Waals surface area contributed by atoms with Gasteiger partial charge in [0.2, 0.25) is 0 Å². The molecule has 0 saturated heterocycles. The topological polar surface area (TPSA) is 12.5 Å². The van der Waals surface area contributed by atoms with Gasteiger partial charge in [-0.15, -0.1) is 0 Å². The second-order valence-corrected chi connectivity index (χ2v) is 11.4. The minimum absolute atomic E-state index is 0.482. The van der Waals surface area contributed by atoms with Gasteiger partial charge < -0.3 is 8.69 Å². The molecule has 0 amide bonds. The van der Waals surface area contributed by atoms with Gasteiger partial charge in [-0.25, -0.2) is 0 Å². The maximum Gasteiger partial charge on any atom is 0.461 e. The number of rotatable bonds is 9. The van der Waals surface area contributed by atoms with Crippen LogP contribution in [-0.4, -0.2) is 28.6 Å². The van der Waals surface area contributed by atoms with Crippen molar-refractivity contribution in [2.45, 2.75) is 43.4 Å². The van der Waals surface area contributed by atoms with E-state index in [0.29, 0.717) is 0 Å². The summed E-state index contributed by atoms with van der Waals surface area (Å²) in [6, 6.07) is 28.4. The summed E-state index contributed by atoms with van der Waals surface area (Å²) in [5, 5.41) is 2.26. The fourth-order valence-electron chi connectivity index (χ4n) is 4.26. The highest BCUT2D eigenvalue weighted by molar-refractivity contribution is 6.51. The third kappa shape index (κ3) is 4.98. The number of anilines is 1. The van der Waals surface area contributed by atoms with Crippen LogP contribution in [0.4, 0.5) is 5.69 Å². The molecule has 0 spiro atoms. The Bertz CT molecular complexity index is 881. The highest BCUT2D eigenvalue weighted by Gasteiger charge is 2.39. The molecule has 0 N–H and O–H groups in total. The number of hydrogen-bond donors (Lipinski definition) is 0. The van der Waals surface area contributed by atoms with E-state index >= 15 is 0 Å². The molecule has 156 valence electrons. The molecule has 3 aromatic rings. The Labute approximate surface area is 187 Å². The lowest BCUT2D eigenvalue weighted by Gasteiger charge is -2.40. The highest BCUT2D eigenvalue weighted by atomic mass is 27.2. The van der Waals surface area contributed by atoms with Crippen LogP contribution in [0.2, 0.25) is 10.6 Å². The molecule has 0 unspecified atom stereocenters. The van der Waals surface area contributed by atoms with E-state index in [4.69, 9.17) is 3.79 Å². The average Bonchev–Trinajstić information content (AvgIpc) is 2.77. The van der Waals surface area contributed by atoms with E-state index in [1.165, 1.54) is 27.9 Å². The molecule has 0 saturated carbocycles. The van der Waals surface area contributed by atoms with Gasteiger partial charge in [0.15, 0.2) is 0 Å². The summed E-state index contributed by atoms with van der Waals surface area (Å²) in [6.45, 7) is 6.73. The molecule has 3 rings (SSSR count). The Kier molecular flexibility index (Phi) is 7.78. The lowest BCUT2D eigenvalue weighted by atomic mass is 9.80. The monoisotopic (exact) mass is 415 g/mol. The predicted molar refractivity (Wildman–Crippen MR) is 131 cm³/mol.